The van der Waals surface area contributed by atoms with Crippen LogP contribution < -0.4 is 0 Å². The van der Waals surface area contributed by atoms with Crippen LogP contribution in [0.15, 0.2) is 60.0 Å². The molecule has 0 amide bonds. The summed E-state index contributed by atoms with van der Waals surface area (Å²) in [6.45, 7) is 0. The highest BCUT2D eigenvalue weighted by molar-refractivity contribution is 7.17. The van der Waals surface area contributed by atoms with Crippen molar-refractivity contribution in [3.63, 3.8) is 0 Å². The van der Waals surface area contributed by atoms with E-state index in [0.29, 0.717) is 0 Å². The normalized spacial score (nSPS) is 11.5. The molecule has 80 valence electrons. The molecule has 0 fully saturated rings. The minimum Gasteiger partial charge on any atom is -0.143 e. The highest BCUT2D eigenvalue weighted by Gasteiger charge is 2.12. The van der Waals surface area contributed by atoms with Gasteiger partial charge in [0.25, 0.3) is 0 Å². The van der Waals surface area contributed by atoms with Crippen molar-refractivity contribution >= 4 is 32.2 Å². The third kappa shape index (κ3) is 1.23. The number of hydrogen-bond acceptors (Lipinski definition) is 1. The fraction of sp³-hybridized carbons (Fsp3) is 0. The zero-order valence-electron chi connectivity index (χ0n) is 9.18. The minimum atomic E-state index is 1.34. The van der Waals surface area contributed by atoms with Gasteiger partial charge in [-0.1, -0.05) is 42.5 Å². The molecule has 0 unspecified atom stereocenters. The van der Waals surface area contributed by atoms with Crippen molar-refractivity contribution in [3.05, 3.63) is 60.0 Å². The first-order valence-corrected chi connectivity index (χ1v) is 6.59. The van der Waals surface area contributed by atoms with E-state index in [1.165, 1.54) is 32.0 Å². The lowest BCUT2D eigenvalue weighted by atomic mass is 10.1. The molecule has 1 aliphatic carbocycles. The Morgan fingerprint density at radius 1 is 0.765 bits per heavy atom. The SMILES string of the molecule is c1ccc2c3c4ccccc4scc-3cc2c1. The van der Waals surface area contributed by atoms with Gasteiger partial charge in [-0.15, -0.1) is 11.3 Å². The second-order valence-corrected chi connectivity index (χ2v) is 5.21. The van der Waals surface area contributed by atoms with Gasteiger partial charge in [0, 0.05) is 10.1 Å². The lowest BCUT2D eigenvalue weighted by Crippen LogP contribution is -1.76. The van der Waals surface area contributed by atoms with Gasteiger partial charge in [-0.3, -0.25) is 0 Å². The molecule has 2 aromatic rings. The number of rotatable bonds is 0. The molecule has 0 radical (unpaired) electrons. The second kappa shape index (κ2) is 3.31. The molecular formula is C16H10S. The van der Waals surface area contributed by atoms with Crippen molar-refractivity contribution < 1.29 is 0 Å². The molecule has 4 rings (SSSR count). The van der Waals surface area contributed by atoms with Gasteiger partial charge >= 0.3 is 0 Å². The Morgan fingerprint density at radius 3 is 2.47 bits per heavy atom. The van der Waals surface area contributed by atoms with Gasteiger partial charge in [0.05, 0.1) is 0 Å². The summed E-state index contributed by atoms with van der Waals surface area (Å²) in [4.78, 5) is 0. The molecule has 1 aliphatic heterocycles. The van der Waals surface area contributed by atoms with Crippen LogP contribution >= 0.6 is 11.3 Å². The van der Waals surface area contributed by atoms with Crippen molar-refractivity contribution in [2.45, 2.75) is 0 Å². The third-order valence-electron chi connectivity index (χ3n) is 3.30. The molecule has 0 nitrogen and oxygen atoms in total. The first-order valence-electron chi connectivity index (χ1n) is 5.71. The Hall–Kier alpha value is -1.86. The van der Waals surface area contributed by atoms with Crippen molar-refractivity contribution in [2.75, 3.05) is 0 Å². The van der Waals surface area contributed by atoms with E-state index in [0.717, 1.165) is 0 Å². The predicted octanol–water partition coefficient (Wildman–Crippen LogP) is 5.16. The summed E-state index contributed by atoms with van der Waals surface area (Å²) in [5.74, 6) is 0. The van der Waals surface area contributed by atoms with Gasteiger partial charge < -0.3 is 0 Å². The van der Waals surface area contributed by atoms with Crippen LogP contribution in [-0.2, 0) is 0 Å². The van der Waals surface area contributed by atoms with Crippen LogP contribution in [0, 0.1) is 0 Å². The average molecular weight is 234 g/mol. The van der Waals surface area contributed by atoms with E-state index >= 15 is 0 Å². The quantitative estimate of drug-likeness (QED) is 0.394. The van der Waals surface area contributed by atoms with Gasteiger partial charge in [0.2, 0.25) is 0 Å². The van der Waals surface area contributed by atoms with Crippen molar-refractivity contribution in [2.24, 2.45) is 0 Å². The summed E-state index contributed by atoms with van der Waals surface area (Å²) in [6.07, 6.45) is 0. The maximum atomic E-state index is 2.29. The molecular weight excluding hydrogens is 224 g/mol. The second-order valence-electron chi connectivity index (χ2n) is 4.29. The van der Waals surface area contributed by atoms with E-state index < -0.39 is 0 Å². The number of hydrogen-bond donors (Lipinski definition) is 0. The van der Waals surface area contributed by atoms with Crippen LogP contribution in [0.3, 0.4) is 0 Å². The van der Waals surface area contributed by atoms with Gasteiger partial charge in [-0.2, -0.15) is 0 Å². The highest BCUT2D eigenvalue weighted by Crippen LogP contribution is 2.41. The molecule has 0 saturated heterocycles. The van der Waals surface area contributed by atoms with Crippen LogP contribution in [0.5, 0.6) is 0 Å². The molecule has 2 aromatic carbocycles. The number of fused-ring (bicyclic) bond motifs is 5. The van der Waals surface area contributed by atoms with Crippen molar-refractivity contribution in [3.8, 4) is 11.1 Å². The monoisotopic (exact) mass is 234 g/mol. The molecule has 0 atom stereocenters. The van der Waals surface area contributed by atoms with Crippen LogP contribution in [0.1, 0.15) is 0 Å². The molecule has 0 saturated carbocycles. The summed E-state index contributed by atoms with van der Waals surface area (Å²) in [5, 5.41) is 6.34. The van der Waals surface area contributed by atoms with Gasteiger partial charge in [0.15, 0.2) is 0 Å². The third-order valence-corrected chi connectivity index (χ3v) is 4.28. The summed E-state index contributed by atoms with van der Waals surface area (Å²) < 4.78 is 1.36. The van der Waals surface area contributed by atoms with E-state index in [2.05, 4.69) is 60.0 Å². The van der Waals surface area contributed by atoms with E-state index in [-0.39, 0.29) is 0 Å². The summed E-state index contributed by atoms with van der Waals surface area (Å²) in [5.41, 5.74) is 2.75. The Kier molecular flexibility index (Phi) is 1.79. The molecule has 17 heavy (non-hydrogen) atoms. The lowest BCUT2D eigenvalue weighted by Gasteiger charge is -2.04. The predicted molar refractivity (Wildman–Crippen MR) is 76.0 cm³/mol. The Bertz CT molecular complexity index is 789. The Morgan fingerprint density at radius 2 is 1.53 bits per heavy atom. The molecule has 0 bridgehead atoms. The summed E-state index contributed by atoms with van der Waals surface area (Å²) in [6, 6.07) is 19.6. The van der Waals surface area contributed by atoms with E-state index in [9.17, 15) is 0 Å². The van der Waals surface area contributed by atoms with E-state index in [1.54, 1.807) is 0 Å². The Labute approximate surface area is 103 Å². The van der Waals surface area contributed by atoms with Crippen LogP contribution in [0.4, 0.5) is 0 Å². The fourth-order valence-corrected chi connectivity index (χ4v) is 3.44. The molecule has 0 spiro atoms. The van der Waals surface area contributed by atoms with Gasteiger partial charge in [0.1, 0.15) is 0 Å². The van der Waals surface area contributed by atoms with E-state index in [1.807, 2.05) is 11.3 Å². The van der Waals surface area contributed by atoms with Crippen molar-refractivity contribution in [1.29, 1.82) is 0 Å². The highest BCUT2D eigenvalue weighted by atomic mass is 32.1. The van der Waals surface area contributed by atoms with Crippen LogP contribution in [-0.4, -0.2) is 0 Å². The van der Waals surface area contributed by atoms with E-state index in [4.69, 9.17) is 0 Å². The van der Waals surface area contributed by atoms with Crippen LogP contribution in [0.2, 0.25) is 0 Å². The molecule has 1 heteroatoms. The standard InChI is InChI=1S/C16H10S/c1-2-6-13-11(5-1)9-12-10-17-15-8-4-3-7-14(15)16(12)13/h1-10H. The average Bonchev–Trinajstić information content (AvgIpc) is 2.77. The maximum Gasteiger partial charge on any atom is 0.0349 e. The molecule has 0 aromatic heterocycles. The topological polar surface area (TPSA) is 0 Å². The molecule has 2 aliphatic rings. The largest absolute Gasteiger partial charge is 0.143 e. The first kappa shape index (κ1) is 9.20. The zero-order valence-corrected chi connectivity index (χ0v) is 10.00. The van der Waals surface area contributed by atoms with Gasteiger partial charge in [-0.25, -0.2) is 0 Å². The molecule has 0 N–H and O–H groups in total. The van der Waals surface area contributed by atoms with Gasteiger partial charge in [-0.05, 0) is 39.4 Å². The minimum absolute atomic E-state index is 1.34. The maximum absolute atomic E-state index is 2.29. The molecule has 1 heterocycles. The zero-order chi connectivity index (χ0) is 11.2. The summed E-state index contributed by atoms with van der Waals surface area (Å²) >= 11 is 1.82. The lowest BCUT2D eigenvalue weighted by molar-refractivity contribution is 1.82. The summed E-state index contributed by atoms with van der Waals surface area (Å²) in [7, 11) is 0. The first-order chi connectivity index (χ1) is 8.43. The van der Waals surface area contributed by atoms with Crippen LogP contribution in [0.25, 0.3) is 32.0 Å². The smallest absolute Gasteiger partial charge is 0.0349 e. The van der Waals surface area contributed by atoms with Crippen molar-refractivity contribution in [1.82, 2.24) is 0 Å². The fourth-order valence-electron chi connectivity index (χ4n) is 2.54. The number of benzene rings is 2. The Balaban J connectivity index is 2.33.